The van der Waals surface area contributed by atoms with E-state index in [4.69, 9.17) is 0 Å². The lowest BCUT2D eigenvalue weighted by Crippen LogP contribution is -2.55. The van der Waals surface area contributed by atoms with Crippen molar-refractivity contribution in [1.29, 1.82) is 0 Å². The molecular weight excluding hydrogens is 348 g/mol. The molecule has 3 nitrogen and oxygen atoms in total. The Balaban J connectivity index is 1.16. The Morgan fingerprint density at radius 3 is 2.32 bits per heavy atom. The van der Waals surface area contributed by atoms with Gasteiger partial charge in [-0.25, -0.2) is 0 Å². The van der Waals surface area contributed by atoms with Crippen molar-refractivity contribution < 1.29 is 4.79 Å². The molecule has 4 bridgehead atoms. The zero-order valence-corrected chi connectivity index (χ0v) is 16.8. The maximum atomic E-state index is 13.4. The number of aliphatic imine (C=N–C) groups is 1. The molecule has 0 aromatic heterocycles. The first-order valence-electron chi connectivity index (χ1n) is 10.3. The van der Waals surface area contributed by atoms with E-state index in [0.717, 1.165) is 43.3 Å². The van der Waals surface area contributed by atoms with Crippen molar-refractivity contribution >= 4 is 33.8 Å². The van der Waals surface area contributed by atoms with Gasteiger partial charge in [0.05, 0.1) is 12.0 Å². The number of amides is 1. The minimum atomic E-state index is 0.0611. The topological polar surface area (TPSA) is 32.7 Å². The lowest BCUT2D eigenvalue weighted by atomic mass is 9.49. The molecule has 0 radical (unpaired) electrons. The van der Waals surface area contributed by atoms with Gasteiger partial charge >= 0.3 is 0 Å². The zero-order chi connectivity index (χ0) is 16.9. The molecule has 0 aromatic rings. The largest absolute Gasteiger partial charge is 0.342 e. The van der Waals surface area contributed by atoms with E-state index in [0.29, 0.717) is 5.91 Å². The third-order valence-corrected chi connectivity index (χ3v) is 9.88. The predicted octanol–water partition coefficient (Wildman–Crippen LogP) is 4.28. The molecule has 0 N–H and O–H groups in total. The number of rotatable bonds is 3. The van der Waals surface area contributed by atoms with Gasteiger partial charge in [-0.2, -0.15) is 0 Å². The van der Waals surface area contributed by atoms with Gasteiger partial charge in [-0.15, -0.1) is 0 Å². The Bertz CT molecular complexity index is 533. The highest BCUT2D eigenvalue weighted by atomic mass is 32.2. The van der Waals surface area contributed by atoms with Gasteiger partial charge in [-0.05, 0) is 75.0 Å². The average molecular weight is 379 g/mol. The second-order valence-electron chi connectivity index (χ2n) is 9.24. The van der Waals surface area contributed by atoms with Gasteiger partial charge in [0.25, 0.3) is 0 Å². The Morgan fingerprint density at radius 1 is 1.12 bits per heavy atom. The molecule has 0 atom stereocenters. The fourth-order valence-electron chi connectivity index (χ4n) is 6.60. The van der Waals surface area contributed by atoms with Gasteiger partial charge in [0.15, 0.2) is 0 Å². The van der Waals surface area contributed by atoms with Gasteiger partial charge in [0.1, 0.15) is 4.38 Å². The number of carbonyl (C=O) groups is 1. The van der Waals surface area contributed by atoms with Crippen molar-refractivity contribution in [2.24, 2.45) is 34.1 Å². The molecule has 5 heteroatoms. The van der Waals surface area contributed by atoms with Gasteiger partial charge in [0, 0.05) is 24.6 Å². The molecule has 0 unspecified atom stereocenters. The fraction of sp³-hybridized carbons (Fsp3) is 0.900. The van der Waals surface area contributed by atoms with E-state index in [2.05, 4.69) is 9.89 Å². The molecule has 138 valence electrons. The van der Waals surface area contributed by atoms with Crippen molar-refractivity contribution in [1.82, 2.24) is 4.90 Å². The van der Waals surface area contributed by atoms with Crippen molar-refractivity contribution in [2.75, 3.05) is 31.1 Å². The molecule has 4 saturated carbocycles. The van der Waals surface area contributed by atoms with Crippen LogP contribution in [-0.2, 0) is 4.79 Å². The quantitative estimate of drug-likeness (QED) is 0.735. The van der Waals surface area contributed by atoms with Crippen LogP contribution in [0.2, 0.25) is 0 Å². The molecule has 4 aliphatic carbocycles. The molecule has 2 aliphatic heterocycles. The third-order valence-electron chi connectivity index (χ3n) is 7.39. The molecular formula is C20H30N2OS2. The smallest absolute Gasteiger partial charge is 0.228 e. The SMILES string of the molecule is O=C(N1CCC(CSC2=NCCS2)CC1)C12CC3CC(CC(C3)C1)C2. The van der Waals surface area contributed by atoms with E-state index in [1.54, 1.807) is 0 Å². The third kappa shape index (κ3) is 3.28. The normalized spacial score (nSPS) is 40.6. The lowest BCUT2D eigenvalue weighted by Gasteiger charge is -2.57. The molecule has 6 rings (SSSR count). The van der Waals surface area contributed by atoms with Gasteiger partial charge in [-0.1, -0.05) is 23.5 Å². The molecule has 1 amide bonds. The van der Waals surface area contributed by atoms with Crippen LogP contribution in [0.3, 0.4) is 0 Å². The fourth-order valence-corrected chi connectivity index (χ4v) is 8.82. The van der Waals surface area contributed by atoms with E-state index < -0.39 is 0 Å². The molecule has 5 fully saturated rings. The summed E-state index contributed by atoms with van der Waals surface area (Å²) in [5.41, 5.74) is 0.0611. The van der Waals surface area contributed by atoms with Gasteiger partial charge < -0.3 is 4.90 Å². The minimum absolute atomic E-state index is 0.0611. The maximum Gasteiger partial charge on any atom is 0.228 e. The van der Waals surface area contributed by atoms with Crippen LogP contribution in [0.5, 0.6) is 0 Å². The number of thioether (sulfide) groups is 2. The van der Waals surface area contributed by atoms with Crippen LogP contribution in [-0.4, -0.2) is 46.3 Å². The summed E-state index contributed by atoms with van der Waals surface area (Å²) in [6.45, 7) is 3.02. The maximum absolute atomic E-state index is 13.4. The summed E-state index contributed by atoms with van der Waals surface area (Å²) in [4.78, 5) is 20.2. The Kier molecular flexibility index (Phi) is 4.60. The van der Waals surface area contributed by atoms with Gasteiger partial charge in [-0.3, -0.25) is 9.79 Å². The highest BCUT2D eigenvalue weighted by molar-refractivity contribution is 8.39. The highest BCUT2D eigenvalue weighted by Crippen LogP contribution is 2.60. The molecule has 0 spiro atoms. The first-order chi connectivity index (χ1) is 12.2. The molecule has 0 aromatic carbocycles. The van der Waals surface area contributed by atoms with E-state index in [9.17, 15) is 4.79 Å². The minimum Gasteiger partial charge on any atom is -0.342 e. The predicted molar refractivity (Wildman–Crippen MR) is 107 cm³/mol. The number of hydrogen-bond acceptors (Lipinski definition) is 4. The van der Waals surface area contributed by atoms with Crippen molar-refractivity contribution in [3.8, 4) is 0 Å². The number of likely N-dealkylation sites (tertiary alicyclic amines) is 1. The highest BCUT2D eigenvalue weighted by Gasteiger charge is 2.55. The Hall–Kier alpha value is -0.160. The number of piperidine rings is 1. The van der Waals surface area contributed by atoms with Crippen LogP contribution in [0, 0.1) is 29.1 Å². The molecule has 2 heterocycles. The van der Waals surface area contributed by atoms with Crippen LogP contribution in [0.1, 0.15) is 51.4 Å². The summed E-state index contributed by atoms with van der Waals surface area (Å²) >= 11 is 3.87. The van der Waals surface area contributed by atoms with E-state index in [1.165, 1.54) is 67.2 Å². The van der Waals surface area contributed by atoms with Crippen LogP contribution in [0.25, 0.3) is 0 Å². The first kappa shape index (κ1) is 17.0. The van der Waals surface area contributed by atoms with Crippen LogP contribution < -0.4 is 0 Å². The van der Waals surface area contributed by atoms with E-state index in [-0.39, 0.29) is 5.41 Å². The second kappa shape index (κ2) is 6.78. The van der Waals surface area contributed by atoms with Crippen molar-refractivity contribution in [3.05, 3.63) is 0 Å². The summed E-state index contributed by atoms with van der Waals surface area (Å²) in [5.74, 6) is 6.30. The Morgan fingerprint density at radius 2 is 1.76 bits per heavy atom. The second-order valence-corrected chi connectivity index (χ2v) is 11.6. The number of nitrogens with zero attached hydrogens (tertiary/aromatic N) is 2. The van der Waals surface area contributed by atoms with Gasteiger partial charge in [0.2, 0.25) is 5.91 Å². The van der Waals surface area contributed by atoms with Crippen LogP contribution in [0.4, 0.5) is 0 Å². The lowest BCUT2D eigenvalue weighted by molar-refractivity contribution is -0.159. The number of carbonyl (C=O) groups excluding carboxylic acids is 1. The standard InChI is InChI=1S/C20H30N2OS2/c23-18(20-10-15-7-16(11-20)9-17(8-15)12-20)22-4-1-14(2-5-22)13-25-19-21-3-6-24-19/h14-17H,1-13H2. The average Bonchev–Trinajstić information content (AvgIpc) is 3.12. The summed E-state index contributed by atoms with van der Waals surface area (Å²) < 4.78 is 1.30. The molecule has 6 aliphatic rings. The summed E-state index contributed by atoms with van der Waals surface area (Å²) in [7, 11) is 0. The van der Waals surface area contributed by atoms with E-state index >= 15 is 0 Å². The Labute approximate surface area is 160 Å². The first-order valence-corrected chi connectivity index (χ1v) is 12.3. The monoisotopic (exact) mass is 378 g/mol. The summed E-state index contributed by atoms with van der Waals surface area (Å²) in [6.07, 6.45) is 10.3. The summed E-state index contributed by atoms with van der Waals surface area (Å²) in [6, 6.07) is 0. The van der Waals surface area contributed by atoms with Crippen LogP contribution in [0.15, 0.2) is 4.99 Å². The zero-order valence-electron chi connectivity index (χ0n) is 15.1. The number of hydrogen-bond donors (Lipinski definition) is 0. The molecule has 1 saturated heterocycles. The van der Waals surface area contributed by atoms with E-state index in [1.807, 2.05) is 23.5 Å². The summed E-state index contributed by atoms with van der Waals surface area (Å²) in [5, 5.41) is 0. The van der Waals surface area contributed by atoms with Crippen molar-refractivity contribution in [2.45, 2.75) is 51.4 Å². The van der Waals surface area contributed by atoms with Crippen LogP contribution >= 0.6 is 23.5 Å². The molecule has 25 heavy (non-hydrogen) atoms. The van der Waals surface area contributed by atoms with Crippen molar-refractivity contribution in [3.63, 3.8) is 0 Å².